The first-order valence-electron chi connectivity index (χ1n) is 7.30. The minimum atomic E-state index is 0.0682. The highest BCUT2D eigenvalue weighted by molar-refractivity contribution is 5.80. The van der Waals surface area contributed by atoms with Crippen molar-refractivity contribution in [1.29, 1.82) is 0 Å². The number of rotatable bonds is 3. The molecule has 0 spiro atoms. The molecule has 2 unspecified atom stereocenters. The monoisotopic (exact) mass is 258 g/mol. The van der Waals surface area contributed by atoms with Gasteiger partial charge in [0.15, 0.2) is 0 Å². The largest absolute Gasteiger partial charge is 0.334 e. The zero-order valence-electron chi connectivity index (χ0n) is 11.5. The third kappa shape index (κ3) is 2.27. The molecule has 19 heavy (non-hydrogen) atoms. The van der Waals surface area contributed by atoms with Gasteiger partial charge in [0.05, 0.1) is 6.04 Å². The van der Waals surface area contributed by atoms with Gasteiger partial charge in [-0.25, -0.2) is 0 Å². The summed E-state index contributed by atoms with van der Waals surface area (Å²) in [5, 5.41) is 0. The summed E-state index contributed by atoms with van der Waals surface area (Å²) in [5.74, 6) is 1.08. The van der Waals surface area contributed by atoms with Crippen LogP contribution in [0.15, 0.2) is 24.3 Å². The third-order valence-electron chi connectivity index (χ3n) is 4.64. The number of carbonyl (C=O) groups excluding carboxylic acids is 1. The molecule has 1 saturated carbocycles. The molecular formula is C16H22N2O. The molecule has 0 bridgehead atoms. The Morgan fingerprint density at radius 2 is 2.16 bits per heavy atom. The lowest BCUT2D eigenvalue weighted by atomic mass is 9.91. The molecule has 2 atom stereocenters. The Morgan fingerprint density at radius 3 is 2.84 bits per heavy atom. The van der Waals surface area contributed by atoms with E-state index in [0.717, 1.165) is 13.0 Å². The second kappa shape index (κ2) is 4.97. The summed E-state index contributed by atoms with van der Waals surface area (Å²) in [6.45, 7) is 3.41. The van der Waals surface area contributed by atoms with Crippen molar-refractivity contribution in [2.45, 2.75) is 32.2 Å². The summed E-state index contributed by atoms with van der Waals surface area (Å²) < 4.78 is 0. The summed E-state index contributed by atoms with van der Waals surface area (Å²) in [5.41, 5.74) is 8.54. The number of carbonyl (C=O) groups is 1. The number of benzene rings is 1. The van der Waals surface area contributed by atoms with Gasteiger partial charge in [0.25, 0.3) is 0 Å². The third-order valence-corrected chi connectivity index (χ3v) is 4.64. The standard InChI is InChI=1S/C16H22N2O/c1-11(12-6-7-12)16(19)18-9-8-13-4-2-3-5-14(13)15(18)10-17/h2-5,11-12,15H,6-10,17H2,1H3. The van der Waals surface area contributed by atoms with Crippen LogP contribution in [0.2, 0.25) is 0 Å². The number of hydrogen-bond acceptors (Lipinski definition) is 2. The molecule has 1 amide bonds. The molecule has 0 radical (unpaired) electrons. The van der Waals surface area contributed by atoms with E-state index in [4.69, 9.17) is 5.73 Å². The molecule has 3 nitrogen and oxygen atoms in total. The molecule has 0 saturated heterocycles. The van der Waals surface area contributed by atoms with Crippen molar-refractivity contribution >= 4 is 5.91 Å². The minimum absolute atomic E-state index is 0.0682. The molecule has 0 aromatic heterocycles. The van der Waals surface area contributed by atoms with E-state index in [9.17, 15) is 4.79 Å². The van der Waals surface area contributed by atoms with Crippen LogP contribution in [0.25, 0.3) is 0 Å². The molecule has 3 heteroatoms. The number of amides is 1. The smallest absolute Gasteiger partial charge is 0.226 e. The number of fused-ring (bicyclic) bond motifs is 1. The van der Waals surface area contributed by atoms with Gasteiger partial charge in [-0.15, -0.1) is 0 Å². The minimum Gasteiger partial charge on any atom is -0.334 e. The van der Waals surface area contributed by atoms with E-state index in [-0.39, 0.29) is 12.0 Å². The highest BCUT2D eigenvalue weighted by Gasteiger charge is 2.38. The average Bonchev–Trinajstić information content (AvgIpc) is 3.29. The Bertz CT molecular complexity index is 481. The SMILES string of the molecule is CC(C(=O)N1CCc2ccccc2C1CN)C1CC1. The molecule has 1 aliphatic heterocycles. The van der Waals surface area contributed by atoms with E-state index in [1.165, 1.54) is 24.0 Å². The fourth-order valence-electron chi connectivity index (χ4n) is 3.23. The highest BCUT2D eigenvalue weighted by Crippen LogP contribution is 2.39. The summed E-state index contributed by atoms with van der Waals surface area (Å²) in [4.78, 5) is 14.6. The van der Waals surface area contributed by atoms with E-state index < -0.39 is 0 Å². The van der Waals surface area contributed by atoms with Crippen LogP contribution in [0.3, 0.4) is 0 Å². The quantitative estimate of drug-likeness (QED) is 0.902. The van der Waals surface area contributed by atoms with Crippen LogP contribution in [0.5, 0.6) is 0 Å². The van der Waals surface area contributed by atoms with Crippen LogP contribution in [0.1, 0.15) is 36.9 Å². The Balaban J connectivity index is 1.85. The maximum atomic E-state index is 12.6. The van der Waals surface area contributed by atoms with Gasteiger partial charge in [-0.1, -0.05) is 31.2 Å². The van der Waals surface area contributed by atoms with Crippen molar-refractivity contribution in [3.63, 3.8) is 0 Å². The fraction of sp³-hybridized carbons (Fsp3) is 0.562. The van der Waals surface area contributed by atoms with Crippen molar-refractivity contribution in [3.8, 4) is 0 Å². The fourth-order valence-corrected chi connectivity index (χ4v) is 3.23. The van der Waals surface area contributed by atoms with Crippen LogP contribution in [0, 0.1) is 11.8 Å². The molecule has 102 valence electrons. The van der Waals surface area contributed by atoms with Crippen molar-refractivity contribution < 1.29 is 4.79 Å². The number of nitrogens with zero attached hydrogens (tertiary/aromatic N) is 1. The van der Waals surface area contributed by atoms with Gasteiger partial charge in [-0.3, -0.25) is 4.79 Å². The maximum absolute atomic E-state index is 12.6. The van der Waals surface area contributed by atoms with E-state index >= 15 is 0 Å². The first kappa shape index (κ1) is 12.7. The molecular weight excluding hydrogens is 236 g/mol. The average molecular weight is 258 g/mol. The predicted molar refractivity (Wildman–Crippen MR) is 75.5 cm³/mol. The zero-order chi connectivity index (χ0) is 13.4. The lowest BCUT2D eigenvalue weighted by Crippen LogP contribution is -2.45. The Morgan fingerprint density at radius 1 is 1.42 bits per heavy atom. The first-order chi connectivity index (χ1) is 9.22. The van der Waals surface area contributed by atoms with E-state index in [0.29, 0.717) is 18.4 Å². The van der Waals surface area contributed by atoms with Gasteiger partial charge in [-0.2, -0.15) is 0 Å². The predicted octanol–water partition coefficient (Wildman–Crippen LogP) is 2.12. The van der Waals surface area contributed by atoms with Crippen LogP contribution < -0.4 is 5.73 Å². The molecule has 2 N–H and O–H groups in total. The highest BCUT2D eigenvalue weighted by atomic mass is 16.2. The lowest BCUT2D eigenvalue weighted by Gasteiger charge is -2.38. The topological polar surface area (TPSA) is 46.3 Å². The van der Waals surface area contributed by atoms with E-state index in [1.807, 2.05) is 11.0 Å². The van der Waals surface area contributed by atoms with Gasteiger partial charge < -0.3 is 10.6 Å². The van der Waals surface area contributed by atoms with Gasteiger partial charge >= 0.3 is 0 Å². The summed E-state index contributed by atoms with van der Waals surface area (Å²) in [6, 6.07) is 8.45. The second-order valence-electron chi connectivity index (χ2n) is 5.86. The van der Waals surface area contributed by atoms with Gasteiger partial charge in [0, 0.05) is 19.0 Å². The molecule has 1 fully saturated rings. The zero-order valence-corrected chi connectivity index (χ0v) is 11.5. The van der Waals surface area contributed by atoms with Gasteiger partial charge in [0.2, 0.25) is 5.91 Å². The normalized spacial score (nSPS) is 23.9. The molecule has 2 aliphatic rings. The molecule has 1 aromatic carbocycles. The molecule has 3 rings (SSSR count). The van der Waals surface area contributed by atoms with Crippen molar-refractivity contribution in [3.05, 3.63) is 35.4 Å². The van der Waals surface area contributed by atoms with Crippen molar-refractivity contribution in [2.24, 2.45) is 17.6 Å². The van der Waals surface area contributed by atoms with Crippen LogP contribution in [-0.4, -0.2) is 23.9 Å². The van der Waals surface area contributed by atoms with E-state index in [1.54, 1.807) is 0 Å². The van der Waals surface area contributed by atoms with Crippen molar-refractivity contribution in [1.82, 2.24) is 4.90 Å². The van der Waals surface area contributed by atoms with Crippen molar-refractivity contribution in [2.75, 3.05) is 13.1 Å². The summed E-state index contributed by atoms with van der Waals surface area (Å²) in [6.07, 6.45) is 3.38. The molecule has 1 aliphatic carbocycles. The maximum Gasteiger partial charge on any atom is 0.226 e. The first-order valence-corrected chi connectivity index (χ1v) is 7.30. The number of nitrogens with two attached hydrogens (primary N) is 1. The van der Waals surface area contributed by atoms with Crippen LogP contribution in [-0.2, 0) is 11.2 Å². The van der Waals surface area contributed by atoms with Crippen LogP contribution in [0.4, 0.5) is 0 Å². The Hall–Kier alpha value is -1.35. The van der Waals surface area contributed by atoms with Gasteiger partial charge in [0.1, 0.15) is 0 Å². The Labute approximate surface area is 114 Å². The Kier molecular flexibility index (Phi) is 3.31. The lowest BCUT2D eigenvalue weighted by molar-refractivity contribution is -0.138. The summed E-state index contributed by atoms with van der Waals surface area (Å²) >= 11 is 0. The van der Waals surface area contributed by atoms with E-state index in [2.05, 4.69) is 25.1 Å². The second-order valence-corrected chi connectivity index (χ2v) is 5.86. The molecule has 1 aromatic rings. The molecule has 1 heterocycles. The van der Waals surface area contributed by atoms with Gasteiger partial charge in [-0.05, 0) is 36.3 Å². The van der Waals surface area contributed by atoms with Crippen LogP contribution >= 0.6 is 0 Å². The number of hydrogen-bond donors (Lipinski definition) is 1. The summed E-state index contributed by atoms with van der Waals surface area (Å²) in [7, 11) is 0.